The average molecular weight is 661 g/mol. The number of cyclic esters (lactones) is 6. The van der Waals surface area contributed by atoms with Gasteiger partial charge in [0.1, 0.15) is 21.7 Å². The highest BCUT2D eigenvalue weighted by Gasteiger charge is 2.82. The summed E-state index contributed by atoms with van der Waals surface area (Å²) in [5.41, 5.74) is -1.76. The maximum atomic E-state index is 11.9. The Morgan fingerprint density at radius 1 is 0.644 bits per heavy atom. The SMILES string of the molecule is C.C[C@@]12C(=O)OC(=O)[C@]1(C)[C@H]1CC[C@@H]2O1.O=C1OC(=O)C2=C1CSC2.O=C1OC(=O)[C@@]23CSC[C@@]12[C@@H]1C=C[C@H]3O1.c1ccoc1. The van der Waals surface area contributed by atoms with E-state index >= 15 is 0 Å². The molecule has 14 heteroatoms. The van der Waals surface area contributed by atoms with Crippen molar-refractivity contribution in [3.05, 3.63) is 48.0 Å². The molecule has 10 heterocycles. The molecule has 0 spiro atoms. The summed E-state index contributed by atoms with van der Waals surface area (Å²) >= 11 is 3.23. The molecule has 0 saturated carbocycles. The van der Waals surface area contributed by atoms with E-state index in [1.165, 1.54) is 0 Å². The summed E-state index contributed by atoms with van der Waals surface area (Å²) < 4.78 is 29.9. The van der Waals surface area contributed by atoms with Gasteiger partial charge in [-0.2, -0.15) is 23.5 Å². The monoisotopic (exact) mass is 660 g/mol. The maximum Gasteiger partial charge on any atom is 0.343 e. The predicted molar refractivity (Wildman–Crippen MR) is 157 cm³/mol. The summed E-state index contributed by atoms with van der Waals surface area (Å²) in [6.07, 6.45) is 8.00. The summed E-state index contributed by atoms with van der Waals surface area (Å²) in [5.74, 6) is 0.111. The van der Waals surface area contributed by atoms with Crippen LogP contribution in [-0.2, 0) is 52.5 Å². The number of thioether (sulfide) groups is 2. The Labute approximate surface area is 266 Å². The largest absolute Gasteiger partial charge is 0.473 e. The first-order chi connectivity index (χ1) is 21.0. The second-order valence-electron chi connectivity index (χ2n) is 12.2. The minimum absolute atomic E-state index is 0. The van der Waals surface area contributed by atoms with E-state index in [2.05, 4.69) is 9.15 Å². The minimum atomic E-state index is -0.743. The third-order valence-electron chi connectivity index (χ3n) is 10.5. The Balaban J connectivity index is 0.000000111. The highest BCUT2D eigenvalue weighted by molar-refractivity contribution is 8.00. The van der Waals surface area contributed by atoms with Crippen molar-refractivity contribution in [3.63, 3.8) is 0 Å². The molecule has 0 radical (unpaired) electrons. The molecular weight excluding hydrogens is 628 g/mol. The van der Waals surface area contributed by atoms with Gasteiger partial charge in [0, 0.05) is 23.0 Å². The Morgan fingerprint density at radius 2 is 1.11 bits per heavy atom. The molecule has 240 valence electrons. The molecule has 6 fully saturated rings. The number of furan rings is 1. The van der Waals surface area contributed by atoms with Gasteiger partial charge in [-0.1, -0.05) is 19.6 Å². The van der Waals surface area contributed by atoms with Gasteiger partial charge in [-0.15, -0.1) is 0 Å². The van der Waals surface area contributed by atoms with Crippen LogP contribution in [0.25, 0.3) is 0 Å². The van der Waals surface area contributed by atoms with Gasteiger partial charge in [-0.3, -0.25) is 19.2 Å². The molecular formula is C31H32O12S2. The number of carbonyl (C=O) groups is 6. The van der Waals surface area contributed by atoms with Gasteiger partial charge in [-0.25, -0.2) is 9.59 Å². The lowest BCUT2D eigenvalue weighted by Gasteiger charge is -2.34. The molecule has 9 aliphatic rings. The molecule has 4 bridgehead atoms. The fraction of sp³-hybridized carbons (Fsp3) is 0.548. The van der Waals surface area contributed by atoms with E-state index in [1.54, 1.807) is 49.9 Å². The normalized spacial score (nSPS) is 41.5. The van der Waals surface area contributed by atoms with E-state index < -0.39 is 45.5 Å². The highest BCUT2D eigenvalue weighted by Crippen LogP contribution is 2.67. The smallest absolute Gasteiger partial charge is 0.343 e. The van der Waals surface area contributed by atoms with Crippen LogP contribution >= 0.6 is 23.5 Å². The van der Waals surface area contributed by atoms with Gasteiger partial charge in [0.15, 0.2) is 0 Å². The quantitative estimate of drug-likeness (QED) is 0.173. The number of rotatable bonds is 0. The number of carbonyl (C=O) groups excluding carboxylic acids is 6. The van der Waals surface area contributed by atoms with Crippen molar-refractivity contribution in [2.75, 3.05) is 23.0 Å². The van der Waals surface area contributed by atoms with Gasteiger partial charge in [0.25, 0.3) is 0 Å². The molecule has 9 aliphatic heterocycles. The van der Waals surface area contributed by atoms with E-state index in [9.17, 15) is 28.8 Å². The van der Waals surface area contributed by atoms with E-state index in [0.29, 0.717) is 34.2 Å². The molecule has 0 aromatic carbocycles. The predicted octanol–water partition coefficient (Wildman–Crippen LogP) is 2.80. The zero-order valence-electron chi connectivity index (χ0n) is 23.7. The Hall–Kier alpha value is -3.20. The number of hydrogen-bond donors (Lipinski definition) is 0. The second kappa shape index (κ2) is 11.0. The molecule has 8 atom stereocenters. The lowest BCUT2D eigenvalue weighted by molar-refractivity contribution is -0.161. The molecule has 6 saturated heterocycles. The molecule has 1 aromatic heterocycles. The van der Waals surface area contributed by atoms with Crippen LogP contribution in [0.2, 0.25) is 0 Å². The zero-order chi connectivity index (χ0) is 31.1. The third-order valence-corrected chi connectivity index (χ3v) is 12.8. The molecule has 0 aliphatic carbocycles. The van der Waals surface area contributed by atoms with Gasteiger partial charge < -0.3 is 28.1 Å². The summed E-state index contributed by atoms with van der Waals surface area (Å²) in [7, 11) is 0. The summed E-state index contributed by atoms with van der Waals surface area (Å²) in [6.45, 7) is 3.59. The number of esters is 6. The summed E-state index contributed by atoms with van der Waals surface area (Å²) in [6, 6.07) is 3.67. The van der Waals surface area contributed by atoms with E-state index in [1.807, 2.05) is 24.3 Å². The average Bonchev–Trinajstić information content (AvgIpc) is 3.85. The van der Waals surface area contributed by atoms with Gasteiger partial charge in [0.2, 0.25) is 0 Å². The van der Waals surface area contributed by atoms with Crippen molar-refractivity contribution in [2.24, 2.45) is 21.7 Å². The first-order valence-corrected chi connectivity index (χ1v) is 16.5. The van der Waals surface area contributed by atoms with Crippen LogP contribution in [0.3, 0.4) is 0 Å². The summed E-state index contributed by atoms with van der Waals surface area (Å²) in [4.78, 5) is 68.6. The van der Waals surface area contributed by atoms with Gasteiger partial charge in [0.05, 0.1) is 48.1 Å². The lowest BCUT2D eigenvalue weighted by atomic mass is 9.59. The van der Waals surface area contributed by atoms with Crippen LogP contribution in [0, 0.1) is 21.7 Å². The minimum Gasteiger partial charge on any atom is -0.473 e. The molecule has 1 aromatic rings. The second-order valence-corrected chi connectivity index (χ2v) is 14.1. The maximum absolute atomic E-state index is 11.9. The number of fused-ring (bicyclic) bond motifs is 7. The molecule has 10 rings (SSSR count). The third kappa shape index (κ3) is 4.01. The molecule has 12 nitrogen and oxygen atoms in total. The summed E-state index contributed by atoms with van der Waals surface area (Å²) in [5, 5.41) is 0. The van der Waals surface area contributed by atoms with Crippen molar-refractivity contribution in [1.29, 1.82) is 0 Å². The van der Waals surface area contributed by atoms with E-state index in [0.717, 1.165) is 12.8 Å². The number of hydrogen-bond acceptors (Lipinski definition) is 14. The van der Waals surface area contributed by atoms with Crippen molar-refractivity contribution in [1.82, 2.24) is 0 Å². The van der Waals surface area contributed by atoms with Gasteiger partial charge in [-0.05, 0) is 38.8 Å². The fourth-order valence-corrected chi connectivity index (χ4v) is 10.6. The molecule has 0 N–H and O–H groups in total. The highest BCUT2D eigenvalue weighted by atomic mass is 32.2. The van der Waals surface area contributed by atoms with Crippen molar-refractivity contribution in [3.8, 4) is 0 Å². The fourth-order valence-electron chi connectivity index (χ4n) is 7.66. The molecule has 45 heavy (non-hydrogen) atoms. The van der Waals surface area contributed by atoms with Crippen LogP contribution in [0.1, 0.15) is 34.1 Å². The lowest BCUT2D eigenvalue weighted by Crippen LogP contribution is -2.50. The van der Waals surface area contributed by atoms with Gasteiger partial charge >= 0.3 is 35.8 Å². The standard InChI is InChI=1S/C10H8O4S.C10H12O4.C6H4O3S.C4H4O.CH4/c11-7-9-3-15-4-10(9,8(12)14-7)6-2-1-5(9)13-6;1-9-5-3-4-6(13-5)10(9,2)8(12)14-7(9)11;7-5-3-1-10-2-4(3)6(8)9-5;1-2-4-5-3-1;/h1-2,5-6H,3-4H2;5-6H,3-4H2,1-2H3;1-2H2;1-4H;1H4/t2*5-,6+,9+,10-;;;. The molecule has 0 unspecified atom stereocenters. The first-order valence-electron chi connectivity index (χ1n) is 14.2. The van der Waals surface area contributed by atoms with Crippen LogP contribution < -0.4 is 0 Å². The van der Waals surface area contributed by atoms with Crippen molar-refractivity contribution in [2.45, 2.75) is 58.5 Å². The topological polar surface area (TPSA) is 162 Å². The van der Waals surface area contributed by atoms with Crippen LogP contribution in [-0.4, -0.2) is 83.2 Å². The Kier molecular flexibility index (Phi) is 7.74. The number of ether oxygens (including phenoxy) is 5. The Bertz CT molecular complexity index is 1440. The Morgan fingerprint density at radius 3 is 1.56 bits per heavy atom. The molecule has 0 amide bonds. The van der Waals surface area contributed by atoms with Crippen LogP contribution in [0.5, 0.6) is 0 Å². The van der Waals surface area contributed by atoms with E-state index in [4.69, 9.17) is 18.9 Å². The van der Waals surface area contributed by atoms with Crippen LogP contribution in [0.4, 0.5) is 0 Å². The first kappa shape index (κ1) is 31.8. The van der Waals surface area contributed by atoms with Crippen molar-refractivity contribution < 1.29 is 56.9 Å². The van der Waals surface area contributed by atoms with Crippen molar-refractivity contribution >= 4 is 59.3 Å². The van der Waals surface area contributed by atoms with E-state index in [-0.39, 0.29) is 43.8 Å². The van der Waals surface area contributed by atoms with Crippen LogP contribution in [0.15, 0.2) is 52.4 Å². The zero-order valence-corrected chi connectivity index (χ0v) is 25.4.